The fourth-order valence-corrected chi connectivity index (χ4v) is 0. The average molecular weight is 107 g/mol. The second-order valence-electron chi connectivity index (χ2n) is 0. The molecule has 0 radical (unpaired) electrons. The van der Waals surface area contributed by atoms with E-state index in [2.05, 4.69) is 11.9 Å². The summed E-state index contributed by atoms with van der Waals surface area (Å²) in [5, 5.41) is 8.25. The molecule has 0 saturated carbocycles. The van der Waals surface area contributed by atoms with E-state index in [4.69, 9.17) is 9.77 Å². The SMILES string of the molecule is C[O-].[Mg+2].[O-]Cl. The van der Waals surface area contributed by atoms with Gasteiger partial charge in [0.25, 0.3) is 0 Å². The van der Waals surface area contributed by atoms with Crippen molar-refractivity contribution in [3.63, 3.8) is 0 Å². The second kappa shape index (κ2) is 82.6. The maximum atomic E-state index is 8.25. The van der Waals surface area contributed by atoms with Gasteiger partial charge in [0.05, 0.1) is 0 Å². The molecular formula is CH3ClMgO2. The van der Waals surface area contributed by atoms with Gasteiger partial charge in [-0.2, -0.15) is 7.11 Å². The second-order valence-corrected chi connectivity index (χ2v) is 0. The Morgan fingerprint density at radius 3 is 1.20 bits per heavy atom. The molecule has 0 aromatic rings. The van der Waals surface area contributed by atoms with Crippen molar-refractivity contribution in [2.45, 2.75) is 0 Å². The molecule has 0 rings (SSSR count). The Labute approximate surface area is 52.1 Å². The minimum absolute atomic E-state index is 0. The first kappa shape index (κ1) is 16.7. The molecule has 0 aliphatic heterocycles. The van der Waals surface area contributed by atoms with Crippen LogP contribution in [0.5, 0.6) is 0 Å². The largest absolute Gasteiger partial charge is 2.00 e. The molecule has 0 aromatic carbocycles. The van der Waals surface area contributed by atoms with Crippen LogP contribution < -0.4 is 9.77 Å². The van der Waals surface area contributed by atoms with Crippen molar-refractivity contribution in [2.24, 2.45) is 0 Å². The number of rotatable bonds is 0. The summed E-state index contributed by atoms with van der Waals surface area (Å²) in [7, 11) is 0.750. The molecule has 5 heavy (non-hydrogen) atoms. The molecule has 0 saturated heterocycles. The normalized spacial score (nSPS) is 2.40. The van der Waals surface area contributed by atoms with Crippen LogP contribution in [0, 0.1) is 0 Å². The number of hydrogen-bond acceptors (Lipinski definition) is 2. The van der Waals surface area contributed by atoms with E-state index in [0.29, 0.717) is 0 Å². The minimum atomic E-state index is 0. The van der Waals surface area contributed by atoms with Crippen LogP contribution in [0.1, 0.15) is 0 Å². The van der Waals surface area contributed by atoms with Crippen molar-refractivity contribution >= 4 is 34.9 Å². The first-order chi connectivity index (χ1) is 2.00. The fourth-order valence-electron chi connectivity index (χ4n) is 0. The number of hydrogen-bond donors (Lipinski definition) is 0. The Morgan fingerprint density at radius 2 is 1.20 bits per heavy atom. The summed E-state index contributed by atoms with van der Waals surface area (Å²) in [6.07, 6.45) is 0. The number of halogens is 1. The van der Waals surface area contributed by atoms with Crippen LogP contribution in [-0.2, 0) is 0 Å². The Hall–Kier alpha value is 0.976. The van der Waals surface area contributed by atoms with Crippen LogP contribution in [0.4, 0.5) is 0 Å². The van der Waals surface area contributed by atoms with Crippen molar-refractivity contribution in [3.05, 3.63) is 0 Å². The molecule has 2 nitrogen and oxygen atoms in total. The predicted molar refractivity (Wildman–Crippen MR) is 17.5 cm³/mol. The van der Waals surface area contributed by atoms with Crippen LogP contribution in [0.3, 0.4) is 0 Å². The maximum Gasteiger partial charge on any atom is 2.00 e. The third-order valence-corrected chi connectivity index (χ3v) is 0. The van der Waals surface area contributed by atoms with Gasteiger partial charge in [0.15, 0.2) is 0 Å². The van der Waals surface area contributed by atoms with Crippen LogP contribution in [0.2, 0.25) is 0 Å². The molecule has 0 bridgehead atoms. The molecule has 0 aliphatic carbocycles. The van der Waals surface area contributed by atoms with Crippen molar-refractivity contribution in [1.29, 1.82) is 0 Å². The van der Waals surface area contributed by atoms with E-state index in [-0.39, 0.29) is 23.1 Å². The summed E-state index contributed by atoms with van der Waals surface area (Å²) in [6.45, 7) is 0. The fraction of sp³-hybridized carbons (Fsp3) is 1.00. The van der Waals surface area contributed by atoms with Crippen molar-refractivity contribution < 1.29 is 9.77 Å². The molecule has 0 fully saturated rings. The van der Waals surface area contributed by atoms with Crippen LogP contribution >= 0.6 is 11.9 Å². The van der Waals surface area contributed by atoms with Gasteiger partial charge in [-0.3, -0.25) is 0 Å². The average Bonchev–Trinajstić information content (AvgIpc) is 1.50. The van der Waals surface area contributed by atoms with E-state index in [9.17, 15) is 0 Å². The molecule has 0 heterocycles. The van der Waals surface area contributed by atoms with Gasteiger partial charge in [-0.05, 0) is 0 Å². The quantitative estimate of drug-likeness (QED) is 0.339. The molecule has 0 atom stereocenters. The summed E-state index contributed by atoms with van der Waals surface area (Å²) in [5.74, 6) is 0. The zero-order chi connectivity index (χ0) is 4.00. The van der Waals surface area contributed by atoms with Crippen LogP contribution in [-0.4, -0.2) is 30.2 Å². The standard InChI is InChI=1S/CH3O.ClO.Mg/c2*1-2;/h1H3;;/q2*-1;+2. The zero-order valence-electron chi connectivity index (χ0n) is 2.90. The molecule has 0 amide bonds. The maximum absolute atomic E-state index is 8.25. The minimum Gasteiger partial charge on any atom is -0.857 e. The van der Waals surface area contributed by atoms with Gasteiger partial charge >= 0.3 is 23.1 Å². The van der Waals surface area contributed by atoms with Gasteiger partial charge in [-0.15, -0.1) is 0 Å². The molecule has 4 heteroatoms. The topological polar surface area (TPSA) is 46.1 Å². The Morgan fingerprint density at radius 1 is 1.20 bits per heavy atom. The van der Waals surface area contributed by atoms with E-state index in [0.717, 1.165) is 7.11 Å². The third-order valence-electron chi connectivity index (χ3n) is 0. The molecule has 0 unspecified atom stereocenters. The van der Waals surface area contributed by atoms with E-state index >= 15 is 0 Å². The van der Waals surface area contributed by atoms with Crippen LogP contribution in [0.25, 0.3) is 0 Å². The molecule has 0 N–H and O–H groups in total. The summed E-state index contributed by atoms with van der Waals surface area (Å²) in [4.78, 5) is 0. The summed E-state index contributed by atoms with van der Waals surface area (Å²) >= 11 is 3.39. The molecule has 0 spiro atoms. The zero-order valence-corrected chi connectivity index (χ0v) is 5.07. The van der Waals surface area contributed by atoms with Gasteiger partial charge in [0.2, 0.25) is 0 Å². The van der Waals surface area contributed by atoms with Gasteiger partial charge in [0, 0.05) is 0 Å². The van der Waals surface area contributed by atoms with E-state index in [1.54, 1.807) is 0 Å². The smallest absolute Gasteiger partial charge is 0.857 e. The van der Waals surface area contributed by atoms with Gasteiger partial charge in [0.1, 0.15) is 0 Å². The molecular weight excluding hydrogens is 104 g/mol. The van der Waals surface area contributed by atoms with Gasteiger partial charge in [-0.1, -0.05) is 0 Å². The summed E-state index contributed by atoms with van der Waals surface area (Å²) in [5.41, 5.74) is 0. The summed E-state index contributed by atoms with van der Waals surface area (Å²) in [6, 6.07) is 0. The first-order valence-electron chi connectivity index (χ1n) is 0.563. The molecule has 0 aromatic heterocycles. The third kappa shape index (κ3) is 46.3. The Balaban J connectivity index is -0.0000000133. The van der Waals surface area contributed by atoms with Crippen molar-refractivity contribution in [3.8, 4) is 0 Å². The van der Waals surface area contributed by atoms with Gasteiger partial charge < -0.3 is 9.77 Å². The monoisotopic (exact) mass is 106 g/mol. The Bertz CT molecular complexity index is 9.61. The van der Waals surface area contributed by atoms with Crippen molar-refractivity contribution in [2.75, 3.05) is 7.11 Å². The van der Waals surface area contributed by atoms with E-state index < -0.39 is 0 Å². The predicted octanol–water partition coefficient (Wildman–Crippen LogP) is -1.90. The Kier molecular flexibility index (Phi) is 276. The van der Waals surface area contributed by atoms with E-state index in [1.807, 2.05) is 0 Å². The molecule has 28 valence electrons. The summed E-state index contributed by atoms with van der Waals surface area (Å²) < 4.78 is 7.72. The van der Waals surface area contributed by atoms with Crippen LogP contribution in [0.15, 0.2) is 0 Å². The molecule has 0 aliphatic rings. The van der Waals surface area contributed by atoms with E-state index in [1.165, 1.54) is 0 Å². The van der Waals surface area contributed by atoms with Crippen molar-refractivity contribution in [1.82, 2.24) is 0 Å². The van der Waals surface area contributed by atoms with Gasteiger partial charge in [-0.25, -0.2) is 11.9 Å². The first-order valence-corrected chi connectivity index (χ1v) is 0.871.